The zero-order chi connectivity index (χ0) is 17.2. The van der Waals surface area contributed by atoms with Gasteiger partial charge in [-0.3, -0.25) is 9.89 Å². The Hall–Kier alpha value is -2.19. The van der Waals surface area contributed by atoms with Gasteiger partial charge in [0.15, 0.2) is 0 Å². The first-order valence-corrected chi connectivity index (χ1v) is 8.28. The Balaban J connectivity index is 0.00000131. The molecule has 4 N–H and O–H groups in total. The Morgan fingerprint density at radius 2 is 2.00 bits per heavy atom. The molecule has 144 valence electrons. The lowest BCUT2D eigenvalue weighted by Crippen LogP contribution is -2.49. The van der Waals surface area contributed by atoms with E-state index in [0.717, 1.165) is 18.5 Å². The molecule has 3 aromatic rings. The molecule has 0 bridgehead atoms. The highest BCUT2D eigenvalue weighted by Crippen LogP contribution is 2.18. The predicted molar refractivity (Wildman–Crippen MR) is 107 cm³/mol. The summed E-state index contributed by atoms with van der Waals surface area (Å²) in [6.07, 6.45) is 0.0889. The van der Waals surface area contributed by atoms with Crippen LogP contribution in [-0.4, -0.2) is 45.1 Å². The highest BCUT2D eigenvalue weighted by molar-refractivity contribution is 5.97. The summed E-state index contributed by atoms with van der Waals surface area (Å²) in [5, 5.41) is 26.9. The van der Waals surface area contributed by atoms with Crippen LogP contribution in [0.4, 0.5) is 0 Å². The summed E-state index contributed by atoms with van der Waals surface area (Å²) in [6.45, 7) is 0.921. The molecule has 0 spiro atoms. The van der Waals surface area contributed by atoms with E-state index < -0.39 is 6.10 Å². The van der Waals surface area contributed by atoms with Crippen LogP contribution in [-0.2, 0) is 13.0 Å². The van der Waals surface area contributed by atoms with Crippen molar-refractivity contribution in [1.29, 1.82) is 0 Å². The first-order chi connectivity index (χ1) is 12.2. The van der Waals surface area contributed by atoms with Crippen molar-refractivity contribution in [2.24, 2.45) is 0 Å². The van der Waals surface area contributed by atoms with Gasteiger partial charge in [-0.15, -0.1) is 29.9 Å². The lowest BCUT2D eigenvalue weighted by Gasteiger charge is -2.30. The van der Waals surface area contributed by atoms with E-state index in [9.17, 15) is 9.90 Å². The molecule has 0 saturated carbocycles. The van der Waals surface area contributed by atoms with Crippen LogP contribution < -0.4 is 10.6 Å². The molecule has 0 saturated heterocycles. The van der Waals surface area contributed by atoms with Gasteiger partial charge in [0, 0.05) is 24.7 Å². The molecule has 2 heterocycles. The number of aromatic amines is 1. The fourth-order valence-corrected chi connectivity index (χ4v) is 3.18. The zero-order valence-electron chi connectivity index (χ0n) is 14.4. The first-order valence-electron chi connectivity index (χ1n) is 8.28. The maximum absolute atomic E-state index is 12.3. The molecule has 1 aliphatic rings. The molecule has 1 aliphatic heterocycles. The standard InChI is InChI=1S/C18H19N5O2.2ClH/c24-17(16-7-11-3-1-2-4-13(11)9-19-16)10-20-18(25)12-5-6-14-15(8-12)22-23-21-14;;/h1-6,8,16-17,19,24H,7,9-10H2,(H,20,25)(H,21,22,23);2*1H/t16-,17?;;/m0../s1. The first kappa shape index (κ1) is 21.1. The average molecular weight is 410 g/mol. The average Bonchev–Trinajstić information content (AvgIpc) is 3.13. The second kappa shape index (κ2) is 9.14. The van der Waals surface area contributed by atoms with Crippen molar-refractivity contribution in [1.82, 2.24) is 26.0 Å². The van der Waals surface area contributed by atoms with Gasteiger partial charge in [0.05, 0.1) is 11.6 Å². The van der Waals surface area contributed by atoms with Crippen molar-refractivity contribution in [3.63, 3.8) is 0 Å². The highest BCUT2D eigenvalue weighted by Gasteiger charge is 2.24. The lowest BCUT2D eigenvalue weighted by molar-refractivity contribution is 0.0870. The smallest absolute Gasteiger partial charge is 0.251 e. The highest BCUT2D eigenvalue weighted by atomic mass is 35.5. The number of fused-ring (bicyclic) bond motifs is 2. The number of H-pyrrole nitrogens is 1. The minimum atomic E-state index is -0.659. The Kier molecular flexibility index (Phi) is 7.15. The Labute approximate surface area is 168 Å². The molecule has 4 rings (SSSR count). The molecule has 27 heavy (non-hydrogen) atoms. The monoisotopic (exact) mass is 409 g/mol. The summed E-state index contributed by atoms with van der Waals surface area (Å²) in [5.74, 6) is -0.236. The number of nitrogens with one attached hydrogen (secondary N) is 3. The number of hydrogen-bond donors (Lipinski definition) is 4. The van der Waals surface area contributed by atoms with Gasteiger partial charge in [0.2, 0.25) is 0 Å². The number of rotatable bonds is 4. The number of aliphatic hydroxyl groups excluding tert-OH is 1. The fourth-order valence-electron chi connectivity index (χ4n) is 3.18. The van der Waals surface area contributed by atoms with E-state index in [-0.39, 0.29) is 43.3 Å². The van der Waals surface area contributed by atoms with Crippen LogP contribution in [0.2, 0.25) is 0 Å². The molecule has 0 radical (unpaired) electrons. The van der Waals surface area contributed by atoms with Crippen LogP contribution in [0.3, 0.4) is 0 Å². The third kappa shape index (κ3) is 4.56. The number of carbonyl (C=O) groups excluding carboxylic acids is 1. The number of nitrogens with zero attached hydrogens (tertiary/aromatic N) is 2. The van der Waals surface area contributed by atoms with Crippen LogP contribution in [0.1, 0.15) is 21.5 Å². The molecule has 0 aliphatic carbocycles. The summed E-state index contributed by atoms with van der Waals surface area (Å²) in [5.41, 5.74) is 4.42. The third-order valence-electron chi connectivity index (χ3n) is 4.64. The number of amides is 1. The van der Waals surface area contributed by atoms with Gasteiger partial charge < -0.3 is 15.7 Å². The number of benzene rings is 2. The molecule has 1 aromatic heterocycles. The summed E-state index contributed by atoms with van der Waals surface area (Å²) in [7, 11) is 0. The minimum Gasteiger partial charge on any atom is -0.390 e. The number of carbonyl (C=O) groups is 1. The van der Waals surface area contributed by atoms with Crippen LogP contribution in [0.5, 0.6) is 0 Å². The Morgan fingerprint density at radius 1 is 1.22 bits per heavy atom. The van der Waals surface area contributed by atoms with Gasteiger partial charge >= 0.3 is 0 Å². The van der Waals surface area contributed by atoms with Crippen molar-refractivity contribution in [2.75, 3.05) is 6.54 Å². The summed E-state index contributed by atoms with van der Waals surface area (Å²) in [6, 6.07) is 13.3. The Bertz CT molecular complexity index is 917. The van der Waals surface area contributed by atoms with Gasteiger partial charge in [0.25, 0.3) is 5.91 Å². The molecule has 1 unspecified atom stereocenters. The molecule has 0 fully saturated rings. The number of hydrogen-bond acceptors (Lipinski definition) is 5. The topological polar surface area (TPSA) is 103 Å². The van der Waals surface area contributed by atoms with E-state index in [1.54, 1.807) is 18.2 Å². The van der Waals surface area contributed by atoms with Crippen LogP contribution in [0, 0.1) is 0 Å². The van der Waals surface area contributed by atoms with Crippen molar-refractivity contribution in [3.8, 4) is 0 Å². The van der Waals surface area contributed by atoms with Gasteiger partial charge in [-0.05, 0) is 35.7 Å². The van der Waals surface area contributed by atoms with E-state index in [1.807, 2.05) is 12.1 Å². The normalized spacial score (nSPS) is 16.6. The van der Waals surface area contributed by atoms with Crippen molar-refractivity contribution in [3.05, 3.63) is 59.2 Å². The fraction of sp³-hybridized carbons (Fsp3) is 0.278. The minimum absolute atomic E-state index is 0. The second-order valence-corrected chi connectivity index (χ2v) is 6.28. The van der Waals surface area contributed by atoms with E-state index in [0.29, 0.717) is 11.1 Å². The molecule has 9 heteroatoms. The number of aromatic nitrogens is 3. The molecular formula is C18H21Cl2N5O2. The maximum atomic E-state index is 12.3. The van der Waals surface area contributed by atoms with Crippen molar-refractivity contribution in [2.45, 2.75) is 25.1 Å². The molecule has 1 amide bonds. The van der Waals surface area contributed by atoms with Gasteiger partial charge in [-0.2, -0.15) is 0 Å². The van der Waals surface area contributed by atoms with Crippen molar-refractivity contribution < 1.29 is 9.90 Å². The summed E-state index contributed by atoms with van der Waals surface area (Å²) < 4.78 is 0. The summed E-state index contributed by atoms with van der Waals surface area (Å²) >= 11 is 0. The quantitative estimate of drug-likeness (QED) is 0.524. The zero-order valence-corrected chi connectivity index (χ0v) is 16.0. The lowest BCUT2D eigenvalue weighted by atomic mass is 9.93. The third-order valence-corrected chi connectivity index (χ3v) is 4.64. The van der Waals surface area contributed by atoms with Crippen molar-refractivity contribution >= 4 is 41.8 Å². The predicted octanol–water partition coefficient (Wildman–Crippen LogP) is 1.61. The van der Waals surface area contributed by atoms with Crippen LogP contribution in [0.15, 0.2) is 42.5 Å². The maximum Gasteiger partial charge on any atom is 0.251 e. The Morgan fingerprint density at radius 3 is 2.81 bits per heavy atom. The molecule has 2 aromatic carbocycles. The van der Waals surface area contributed by atoms with E-state index in [4.69, 9.17) is 0 Å². The van der Waals surface area contributed by atoms with Gasteiger partial charge in [-0.1, -0.05) is 29.5 Å². The number of halogens is 2. The van der Waals surface area contributed by atoms with Gasteiger partial charge in [0.1, 0.15) is 5.52 Å². The van der Waals surface area contributed by atoms with Crippen LogP contribution in [0.25, 0.3) is 11.0 Å². The van der Waals surface area contributed by atoms with Crippen LogP contribution >= 0.6 is 24.8 Å². The molecule has 2 atom stereocenters. The largest absolute Gasteiger partial charge is 0.390 e. The number of aliphatic hydroxyl groups is 1. The molecular weight excluding hydrogens is 389 g/mol. The van der Waals surface area contributed by atoms with Gasteiger partial charge in [-0.25, -0.2) is 0 Å². The SMILES string of the molecule is Cl.Cl.O=C(NCC(O)[C@@H]1Cc2ccccc2CN1)c1ccc2[nH]nnc2c1. The summed E-state index contributed by atoms with van der Waals surface area (Å²) in [4.78, 5) is 12.3. The second-order valence-electron chi connectivity index (χ2n) is 6.28. The van der Waals surface area contributed by atoms with E-state index in [1.165, 1.54) is 11.1 Å². The van der Waals surface area contributed by atoms with E-state index >= 15 is 0 Å². The van der Waals surface area contributed by atoms with E-state index in [2.05, 4.69) is 38.2 Å². The molecule has 7 nitrogen and oxygen atoms in total.